The Morgan fingerprint density at radius 3 is 2.67 bits per heavy atom. The van der Waals surface area contributed by atoms with Gasteiger partial charge in [0.05, 0.1) is 32.4 Å². The molecule has 2 aromatic rings. The first-order valence-electron chi connectivity index (χ1n) is 8.61. The lowest BCUT2D eigenvalue weighted by atomic mass is 10.2. The number of hydrogen-bond donors (Lipinski definition) is 0. The maximum Gasteiger partial charge on any atom is 0.288 e. The number of rotatable bonds is 7. The minimum atomic E-state index is -2.95. The molecule has 1 fully saturated rings. The van der Waals surface area contributed by atoms with Gasteiger partial charge in [-0.25, -0.2) is 13.1 Å². The molecule has 1 aliphatic heterocycles. The lowest BCUT2D eigenvalue weighted by Gasteiger charge is -2.25. The van der Waals surface area contributed by atoms with E-state index in [2.05, 4.69) is 10.00 Å². The molecule has 2 heterocycles. The summed E-state index contributed by atoms with van der Waals surface area (Å²) in [6.07, 6.45) is 0.629. The highest BCUT2D eigenvalue weighted by atomic mass is 32.2. The van der Waals surface area contributed by atoms with Crippen molar-refractivity contribution in [1.82, 2.24) is 14.7 Å². The van der Waals surface area contributed by atoms with E-state index in [4.69, 9.17) is 26.1 Å². The summed E-state index contributed by atoms with van der Waals surface area (Å²) in [5.74, 6) is 1.95. The van der Waals surface area contributed by atoms with E-state index in [9.17, 15) is 8.42 Å². The first kappa shape index (κ1) is 19.8. The summed E-state index contributed by atoms with van der Waals surface area (Å²) in [5, 5.41) is 4.46. The van der Waals surface area contributed by atoms with Crippen LogP contribution >= 0.6 is 12.2 Å². The summed E-state index contributed by atoms with van der Waals surface area (Å²) >= 11 is 5.30. The summed E-state index contributed by atoms with van der Waals surface area (Å²) in [6, 6.07) is 5.33. The number of benzene rings is 1. The van der Waals surface area contributed by atoms with Gasteiger partial charge in [0.2, 0.25) is 5.89 Å². The van der Waals surface area contributed by atoms with Crippen molar-refractivity contribution in [3.05, 3.63) is 23.0 Å². The molecule has 3 rings (SSSR count). The van der Waals surface area contributed by atoms with Gasteiger partial charge in [0, 0.05) is 11.6 Å². The van der Waals surface area contributed by atoms with Crippen molar-refractivity contribution < 1.29 is 22.3 Å². The van der Waals surface area contributed by atoms with Gasteiger partial charge in [0.25, 0.3) is 4.84 Å². The molecule has 0 N–H and O–H groups in total. The van der Waals surface area contributed by atoms with Gasteiger partial charge in [-0.1, -0.05) is 6.92 Å². The van der Waals surface area contributed by atoms with E-state index in [1.807, 2.05) is 13.0 Å². The molecular weight excluding hydrogens is 390 g/mol. The van der Waals surface area contributed by atoms with E-state index in [0.29, 0.717) is 42.6 Å². The van der Waals surface area contributed by atoms with Crippen LogP contribution in [-0.4, -0.2) is 61.4 Å². The Balaban J connectivity index is 1.83. The highest BCUT2D eigenvalue weighted by Crippen LogP contribution is 2.31. The first-order valence-corrected chi connectivity index (χ1v) is 10.8. The number of hydrogen-bond acceptors (Lipinski definition) is 8. The van der Waals surface area contributed by atoms with Crippen LogP contribution in [0.3, 0.4) is 0 Å². The van der Waals surface area contributed by atoms with E-state index in [1.54, 1.807) is 31.0 Å². The summed E-state index contributed by atoms with van der Waals surface area (Å²) in [4.78, 5) is 2.29. The zero-order chi connectivity index (χ0) is 19.6. The van der Waals surface area contributed by atoms with Crippen LogP contribution in [0.2, 0.25) is 0 Å². The Morgan fingerprint density at radius 2 is 2.07 bits per heavy atom. The fourth-order valence-corrected chi connectivity index (χ4v) is 5.13. The van der Waals surface area contributed by atoms with Gasteiger partial charge in [-0.3, -0.25) is 4.90 Å². The predicted octanol–water partition coefficient (Wildman–Crippen LogP) is 2.36. The van der Waals surface area contributed by atoms with E-state index in [-0.39, 0.29) is 22.4 Å². The van der Waals surface area contributed by atoms with Gasteiger partial charge < -0.3 is 13.9 Å². The lowest BCUT2D eigenvalue weighted by molar-refractivity contribution is 0.162. The second-order valence-electron chi connectivity index (χ2n) is 6.35. The molecule has 148 valence electrons. The van der Waals surface area contributed by atoms with Crippen LogP contribution in [0.15, 0.2) is 22.6 Å². The maximum absolute atomic E-state index is 11.8. The Bertz CT molecular complexity index is 967. The third-order valence-corrected chi connectivity index (χ3v) is 6.73. The largest absolute Gasteiger partial charge is 0.493 e. The minimum Gasteiger partial charge on any atom is -0.493 e. The van der Waals surface area contributed by atoms with Crippen molar-refractivity contribution in [2.75, 3.05) is 32.3 Å². The summed E-state index contributed by atoms with van der Waals surface area (Å²) in [5.41, 5.74) is 0.712. The van der Waals surface area contributed by atoms with Crippen molar-refractivity contribution in [2.24, 2.45) is 0 Å². The number of methoxy groups -OCH3 is 2. The summed E-state index contributed by atoms with van der Waals surface area (Å²) in [7, 11) is 0.178. The lowest BCUT2D eigenvalue weighted by Crippen LogP contribution is -2.37. The first-order chi connectivity index (χ1) is 12.9. The Hall–Kier alpha value is -1.91. The number of sulfone groups is 1. The van der Waals surface area contributed by atoms with Crippen molar-refractivity contribution in [2.45, 2.75) is 26.1 Å². The molecule has 1 aliphatic rings. The van der Waals surface area contributed by atoms with Crippen LogP contribution in [0.25, 0.3) is 11.5 Å². The fraction of sp³-hybridized carbons (Fsp3) is 0.529. The van der Waals surface area contributed by atoms with Crippen LogP contribution in [0.5, 0.6) is 11.5 Å². The van der Waals surface area contributed by atoms with E-state index in [1.165, 1.54) is 0 Å². The quantitative estimate of drug-likeness (QED) is 0.640. The van der Waals surface area contributed by atoms with Gasteiger partial charge in [-0.05, 0) is 43.4 Å². The van der Waals surface area contributed by atoms with Crippen molar-refractivity contribution >= 4 is 22.1 Å². The second kappa shape index (κ2) is 7.99. The van der Waals surface area contributed by atoms with Crippen LogP contribution in [0.4, 0.5) is 0 Å². The Labute approximate surface area is 163 Å². The maximum atomic E-state index is 11.8. The third-order valence-electron chi connectivity index (χ3n) is 4.68. The van der Waals surface area contributed by atoms with Crippen LogP contribution in [0.1, 0.15) is 13.3 Å². The topological polar surface area (TPSA) is 86.8 Å². The normalized spacial score (nSPS) is 18.7. The van der Waals surface area contributed by atoms with Crippen molar-refractivity contribution in [1.29, 1.82) is 0 Å². The van der Waals surface area contributed by atoms with Crippen molar-refractivity contribution in [3.8, 4) is 23.0 Å². The fourth-order valence-electron chi connectivity index (χ4n) is 3.19. The van der Waals surface area contributed by atoms with Crippen LogP contribution in [-0.2, 0) is 16.5 Å². The molecule has 0 spiro atoms. The smallest absolute Gasteiger partial charge is 0.288 e. The molecule has 1 aromatic carbocycles. The Kier molecular flexibility index (Phi) is 5.87. The Morgan fingerprint density at radius 1 is 1.33 bits per heavy atom. The number of ether oxygens (including phenoxy) is 2. The molecule has 8 nitrogen and oxygen atoms in total. The standard InChI is InChI=1S/C17H23N3O5S2/c1-4-19(13-7-8-27(21,22)10-13)11-20-17(26)25-16(18-20)12-5-6-14(23-2)15(9-12)24-3/h5-6,9,13H,4,7-8,10-11H2,1-3H3/t13-/m1/s1. The molecule has 27 heavy (non-hydrogen) atoms. The molecule has 0 aliphatic carbocycles. The zero-order valence-corrected chi connectivity index (χ0v) is 17.2. The van der Waals surface area contributed by atoms with Crippen LogP contribution < -0.4 is 9.47 Å². The molecule has 1 aromatic heterocycles. The minimum absolute atomic E-state index is 0.0249. The number of nitrogens with zero attached hydrogens (tertiary/aromatic N) is 3. The van der Waals surface area contributed by atoms with Gasteiger partial charge >= 0.3 is 0 Å². The van der Waals surface area contributed by atoms with E-state index < -0.39 is 9.84 Å². The van der Waals surface area contributed by atoms with Gasteiger partial charge in [0.1, 0.15) is 0 Å². The number of aromatic nitrogens is 2. The average Bonchev–Trinajstić information content (AvgIpc) is 3.20. The summed E-state index contributed by atoms with van der Waals surface area (Å²) in [6.45, 7) is 3.07. The highest BCUT2D eigenvalue weighted by Gasteiger charge is 2.32. The zero-order valence-electron chi connectivity index (χ0n) is 15.5. The summed E-state index contributed by atoms with van der Waals surface area (Å²) < 4.78 is 41.3. The van der Waals surface area contributed by atoms with Gasteiger partial charge in [-0.15, -0.1) is 5.10 Å². The highest BCUT2D eigenvalue weighted by molar-refractivity contribution is 7.91. The third kappa shape index (κ3) is 4.33. The molecule has 0 bridgehead atoms. The molecule has 0 amide bonds. The van der Waals surface area contributed by atoms with Gasteiger partial charge in [-0.2, -0.15) is 0 Å². The predicted molar refractivity (Wildman–Crippen MR) is 103 cm³/mol. The molecule has 0 radical (unpaired) electrons. The van der Waals surface area contributed by atoms with E-state index >= 15 is 0 Å². The SMILES string of the molecule is CCN(Cn1nc(-c2ccc(OC)c(OC)c2)oc1=S)[C@@H]1CCS(=O)(=O)C1. The van der Waals surface area contributed by atoms with Crippen LogP contribution in [0, 0.1) is 4.84 Å². The molecular formula is C17H23N3O5S2. The molecule has 0 unspecified atom stereocenters. The van der Waals surface area contributed by atoms with Gasteiger partial charge in [0.15, 0.2) is 21.3 Å². The molecule has 0 saturated carbocycles. The monoisotopic (exact) mass is 413 g/mol. The molecule has 10 heteroatoms. The second-order valence-corrected chi connectivity index (χ2v) is 8.92. The molecule has 1 atom stereocenters. The van der Waals surface area contributed by atoms with E-state index in [0.717, 1.165) is 0 Å². The average molecular weight is 414 g/mol. The van der Waals surface area contributed by atoms with Crippen molar-refractivity contribution in [3.63, 3.8) is 0 Å². The molecule has 1 saturated heterocycles.